The van der Waals surface area contributed by atoms with Crippen molar-refractivity contribution >= 4 is 17.5 Å². The Bertz CT molecular complexity index is 447. The van der Waals surface area contributed by atoms with E-state index in [0.29, 0.717) is 23.6 Å². The first-order chi connectivity index (χ1) is 9.15. The van der Waals surface area contributed by atoms with Gasteiger partial charge in [0.15, 0.2) is 0 Å². The molecule has 1 aliphatic carbocycles. The van der Waals surface area contributed by atoms with Gasteiger partial charge in [0.2, 0.25) is 5.91 Å². The van der Waals surface area contributed by atoms with Crippen LogP contribution in [0, 0.1) is 11.7 Å². The van der Waals surface area contributed by atoms with Crippen LogP contribution in [-0.4, -0.2) is 26.0 Å². The van der Waals surface area contributed by atoms with Gasteiger partial charge >= 0.3 is 0 Å². The van der Waals surface area contributed by atoms with Crippen molar-refractivity contribution in [1.29, 1.82) is 0 Å². The molecule has 1 aliphatic rings. The van der Waals surface area contributed by atoms with E-state index in [1.165, 1.54) is 6.07 Å². The highest BCUT2D eigenvalue weighted by molar-refractivity contribution is 6.31. The maximum atomic E-state index is 13.7. The summed E-state index contributed by atoms with van der Waals surface area (Å²) >= 11 is 6.00. The second-order valence-corrected chi connectivity index (χ2v) is 5.24. The summed E-state index contributed by atoms with van der Waals surface area (Å²) in [6, 6.07) is 4.64. The number of benzene rings is 1. The molecule has 104 valence electrons. The Morgan fingerprint density at radius 2 is 2.26 bits per heavy atom. The summed E-state index contributed by atoms with van der Waals surface area (Å²) in [7, 11) is 1.87. The van der Waals surface area contributed by atoms with E-state index in [9.17, 15) is 9.18 Å². The van der Waals surface area contributed by atoms with E-state index in [1.807, 2.05) is 7.05 Å². The first-order valence-electron chi connectivity index (χ1n) is 6.51. The molecule has 1 aromatic carbocycles. The minimum absolute atomic E-state index is 0.000391. The van der Waals surface area contributed by atoms with E-state index in [4.69, 9.17) is 11.6 Å². The van der Waals surface area contributed by atoms with E-state index in [0.717, 1.165) is 13.0 Å². The van der Waals surface area contributed by atoms with Crippen LogP contribution in [-0.2, 0) is 4.79 Å². The van der Waals surface area contributed by atoms with E-state index >= 15 is 0 Å². The zero-order chi connectivity index (χ0) is 13.8. The summed E-state index contributed by atoms with van der Waals surface area (Å²) in [6.45, 7) is 1.52. The molecule has 19 heavy (non-hydrogen) atoms. The molecule has 0 heterocycles. The molecule has 0 radical (unpaired) electrons. The predicted octanol–water partition coefficient (Wildman–Crippen LogP) is 2.31. The fraction of sp³-hybridized carbons (Fsp3) is 0.500. The van der Waals surface area contributed by atoms with Gasteiger partial charge in [-0.3, -0.25) is 4.79 Å². The normalized spacial score (nSPS) is 21.2. The first-order valence-corrected chi connectivity index (χ1v) is 6.89. The SMILES string of the molecule is CNCCCNC(=O)C1CC1c1c(F)cccc1Cl. The molecule has 5 heteroatoms. The Morgan fingerprint density at radius 1 is 1.47 bits per heavy atom. The van der Waals surface area contributed by atoms with Gasteiger partial charge in [0.25, 0.3) is 0 Å². The van der Waals surface area contributed by atoms with Crippen molar-refractivity contribution in [2.24, 2.45) is 5.92 Å². The molecule has 1 fully saturated rings. The molecule has 0 aliphatic heterocycles. The lowest BCUT2D eigenvalue weighted by molar-refractivity contribution is -0.122. The number of halogens is 2. The quantitative estimate of drug-likeness (QED) is 0.787. The molecule has 1 aromatic rings. The molecule has 1 saturated carbocycles. The maximum Gasteiger partial charge on any atom is 0.223 e. The topological polar surface area (TPSA) is 41.1 Å². The molecular formula is C14H18ClFN2O. The van der Waals surface area contributed by atoms with E-state index in [2.05, 4.69) is 10.6 Å². The molecule has 0 saturated heterocycles. The Hall–Kier alpha value is -1.13. The van der Waals surface area contributed by atoms with Gasteiger partial charge in [-0.05, 0) is 38.6 Å². The standard InChI is InChI=1S/C14H18ClFN2O/c1-17-6-3-7-18-14(19)10-8-9(10)13-11(15)4-2-5-12(13)16/h2,4-5,9-10,17H,3,6-8H2,1H3,(H,18,19). The highest BCUT2D eigenvalue weighted by atomic mass is 35.5. The van der Waals surface area contributed by atoms with Crippen LogP contribution in [0.5, 0.6) is 0 Å². The van der Waals surface area contributed by atoms with Gasteiger partial charge in [0.1, 0.15) is 5.82 Å². The van der Waals surface area contributed by atoms with Crippen LogP contribution in [0.1, 0.15) is 24.3 Å². The Labute approximate surface area is 117 Å². The number of hydrogen-bond donors (Lipinski definition) is 2. The predicted molar refractivity (Wildman–Crippen MR) is 73.8 cm³/mol. The zero-order valence-corrected chi connectivity index (χ0v) is 11.6. The van der Waals surface area contributed by atoms with Gasteiger partial charge in [-0.15, -0.1) is 0 Å². The molecule has 2 atom stereocenters. The van der Waals surface area contributed by atoms with Gasteiger partial charge in [-0.2, -0.15) is 0 Å². The second-order valence-electron chi connectivity index (χ2n) is 4.83. The van der Waals surface area contributed by atoms with Crippen LogP contribution in [0.2, 0.25) is 5.02 Å². The van der Waals surface area contributed by atoms with Crippen molar-refractivity contribution in [2.75, 3.05) is 20.1 Å². The summed E-state index contributed by atoms with van der Waals surface area (Å²) in [5.74, 6) is -0.523. The molecule has 1 amide bonds. The van der Waals surface area contributed by atoms with Gasteiger partial charge in [0, 0.05) is 29.0 Å². The fourth-order valence-corrected chi connectivity index (χ4v) is 2.58. The van der Waals surface area contributed by atoms with Crippen LogP contribution in [0.15, 0.2) is 18.2 Å². The number of rotatable bonds is 6. The van der Waals surface area contributed by atoms with Crippen LogP contribution in [0.25, 0.3) is 0 Å². The molecule has 2 N–H and O–H groups in total. The Balaban J connectivity index is 1.88. The molecule has 3 nitrogen and oxygen atoms in total. The third-order valence-electron chi connectivity index (χ3n) is 3.40. The van der Waals surface area contributed by atoms with Crippen molar-refractivity contribution in [2.45, 2.75) is 18.8 Å². The summed E-state index contributed by atoms with van der Waals surface area (Å²) < 4.78 is 13.7. The summed E-state index contributed by atoms with van der Waals surface area (Å²) in [4.78, 5) is 11.9. The van der Waals surface area contributed by atoms with E-state index in [1.54, 1.807) is 12.1 Å². The summed E-state index contributed by atoms with van der Waals surface area (Å²) in [6.07, 6.45) is 1.57. The van der Waals surface area contributed by atoms with Crippen molar-refractivity contribution < 1.29 is 9.18 Å². The minimum atomic E-state index is -0.317. The highest BCUT2D eigenvalue weighted by Gasteiger charge is 2.45. The van der Waals surface area contributed by atoms with Gasteiger partial charge in [-0.1, -0.05) is 17.7 Å². The van der Waals surface area contributed by atoms with Gasteiger partial charge < -0.3 is 10.6 Å². The molecule has 2 unspecified atom stereocenters. The van der Waals surface area contributed by atoms with Crippen LogP contribution < -0.4 is 10.6 Å². The lowest BCUT2D eigenvalue weighted by Gasteiger charge is -2.06. The van der Waals surface area contributed by atoms with Crippen LogP contribution in [0.4, 0.5) is 4.39 Å². The number of carbonyl (C=O) groups excluding carboxylic acids is 1. The summed E-state index contributed by atoms with van der Waals surface area (Å²) in [5.41, 5.74) is 0.486. The lowest BCUT2D eigenvalue weighted by atomic mass is 10.1. The summed E-state index contributed by atoms with van der Waals surface area (Å²) in [5, 5.41) is 6.30. The number of nitrogens with one attached hydrogen (secondary N) is 2. The average Bonchev–Trinajstić information content (AvgIpc) is 3.14. The maximum absolute atomic E-state index is 13.7. The Kier molecular flexibility index (Phi) is 4.77. The fourth-order valence-electron chi connectivity index (χ4n) is 2.28. The molecule has 0 aromatic heterocycles. The van der Waals surface area contributed by atoms with Crippen molar-refractivity contribution in [3.8, 4) is 0 Å². The van der Waals surface area contributed by atoms with Crippen molar-refractivity contribution in [1.82, 2.24) is 10.6 Å². The van der Waals surface area contributed by atoms with Crippen molar-refractivity contribution in [3.05, 3.63) is 34.6 Å². The third-order valence-corrected chi connectivity index (χ3v) is 3.73. The molecule has 0 spiro atoms. The van der Waals surface area contributed by atoms with Crippen molar-refractivity contribution in [3.63, 3.8) is 0 Å². The monoisotopic (exact) mass is 284 g/mol. The molecule has 2 rings (SSSR count). The van der Waals surface area contributed by atoms with Crippen LogP contribution >= 0.6 is 11.6 Å². The van der Waals surface area contributed by atoms with Crippen LogP contribution in [0.3, 0.4) is 0 Å². The molecular weight excluding hydrogens is 267 g/mol. The van der Waals surface area contributed by atoms with Gasteiger partial charge in [-0.25, -0.2) is 4.39 Å². The second kappa shape index (κ2) is 6.35. The number of carbonyl (C=O) groups is 1. The molecule has 0 bridgehead atoms. The average molecular weight is 285 g/mol. The highest BCUT2D eigenvalue weighted by Crippen LogP contribution is 2.50. The third kappa shape index (κ3) is 3.45. The number of amides is 1. The van der Waals surface area contributed by atoms with Gasteiger partial charge in [0.05, 0.1) is 0 Å². The smallest absolute Gasteiger partial charge is 0.223 e. The van der Waals surface area contributed by atoms with E-state index in [-0.39, 0.29) is 23.6 Å². The zero-order valence-electron chi connectivity index (χ0n) is 10.9. The lowest BCUT2D eigenvalue weighted by Crippen LogP contribution is -2.28. The largest absolute Gasteiger partial charge is 0.356 e. The van der Waals surface area contributed by atoms with E-state index < -0.39 is 0 Å². The Morgan fingerprint density at radius 3 is 2.95 bits per heavy atom. The number of hydrogen-bond acceptors (Lipinski definition) is 2. The first kappa shape index (κ1) is 14.3. The minimum Gasteiger partial charge on any atom is -0.356 e.